The van der Waals surface area contributed by atoms with Crippen molar-refractivity contribution in [3.05, 3.63) is 6.33 Å². The molecule has 2 unspecified atom stereocenters. The van der Waals surface area contributed by atoms with Gasteiger partial charge in [-0.05, 0) is 12.8 Å². The number of nitrogens with zero attached hydrogens (tertiary/aromatic N) is 4. The van der Waals surface area contributed by atoms with Crippen molar-refractivity contribution in [1.82, 2.24) is 19.5 Å². The third-order valence-corrected chi connectivity index (χ3v) is 6.39. The summed E-state index contributed by atoms with van der Waals surface area (Å²) in [7, 11) is 0. The lowest BCUT2D eigenvalue weighted by Crippen LogP contribution is -2.33. The minimum absolute atomic E-state index is 0.000818. The summed E-state index contributed by atoms with van der Waals surface area (Å²) in [5, 5.41) is 40.2. The highest BCUT2D eigenvalue weighted by atomic mass is 32.2. The predicted molar refractivity (Wildman–Crippen MR) is 96.9 cm³/mol. The fourth-order valence-corrected chi connectivity index (χ4v) is 4.76. The maximum absolute atomic E-state index is 10.3. The van der Waals surface area contributed by atoms with Gasteiger partial charge in [0.2, 0.25) is 0 Å². The molecule has 27 heavy (non-hydrogen) atoms. The average molecular weight is 397 g/mol. The smallest absolute Gasteiger partial charge is 0.192 e. The van der Waals surface area contributed by atoms with E-state index in [-0.39, 0.29) is 11.1 Å². The predicted octanol–water partition coefficient (Wildman–Crippen LogP) is -0.584. The van der Waals surface area contributed by atoms with Gasteiger partial charge in [-0.1, -0.05) is 24.6 Å². The van der Waals surface area contributed by atoms with E-state index in [9.17, 15) is 20.4 Å². The molecule has 10 nitrogen and oxygen atoms in total. The number of aliphatic hydroxyl groups is 4. The Morgan fingerprint density at radius 1 is 1.19 bits per heavy atom. The third kappa shape index (κ3) is 3.39. The molecule has 1 saturated carbocycles. The maximum atomic E-state index is 10.3. The summed E-state index contributed by atoms with van der Waals surface area (Å²) in [6, 6.07) is 0. The molecule has 2 aromatic heterocycles. The second-order valence-corrected chi connectivity index (χ2v) is 8.16. The molecule has 0 radical (unpaired) electrons. The van der Waals surface area contributed by atoms with Gasteiger partial charge in [0, 0.05) is 5.25 Å². The molecular formula is C16H23N5O5S. The molecule has 6 N–H and O–H groups in total. The topological polar surface area (TPSA) is 160 Å². The largest absolute Gasteiger partial charge is 0.394 e. The van der Waals surface area contributed by atoms with Crippen LogP contribution in [0.25, 0.3) is 11.2 Å². The normalized spacial score (nSPS) is 34.4. The fraction of sp³-hybridized carbons (Fsp3) is 0.688. The molecule has 2 aliphatic rings. The molecule has 2 fully saturated rings. The van der Waals surface area contributed by atoms with Gasteiger partial charge in [0.05, 0.1) is 19.0 Å². The van der Waals surface area contributed by atoms with Gasteiger partial charge in [-0.3, -0.25) is 4.57 Å². The van der Waals surface area contributed by atoms with Crippen LogP contribution >= 0.6 is 11.8 Å². The lowest BCUT2D eigenvalue weighted by atomic mass is 9.97. The molecule has 1 aliphatic heterocycles. The van der Waals surface area contributed by atoms with Crippen molar-refractivity contribution in [1.29, 1.82) is 0 Å². The molecule has 2 aromatic rings. The van der Waals surface area contributed by atoms with Gasteiger partial charge in [-0.25, -0.2) is 15.0 Å². The first-order valence-electron chi connectivity index (χ1n) is 8.97. The first-order valence-corrected chi connectivity index (χ1v) is 9.84. The molecule has 0 bridgehead atoms. The van der Waals surface area contributed by atoms with Crippen molar-refractivity contribution in [2.45, 2.75) is 66.7 Å². The van der Waals surface area contributed by atoms with Crippen LogP contribution in [0, 0.1) is 0 Å². The number of fused-ring (bicyclic) bond motifs is 1. The van der Waals surface area contributed by atoms with E-state index >= 15 is 0 Å². The highest BCUT2D eigenvalue weighted by Gasteiger charge is 2.44. The molecular weight excluding hydrogens is 374 g/mol. The second kappa shape index (κ2) is 7.49. The van der Waals surface area contributed by atoms with Crippen LogP contribution in [0.2, 0.25) is 0 Å². The SMILES string of the molecule is Nc1nc(SC2CCCCC2O)nc2c1ncn2[C@@H]1O[C@H](CO)[C@@H](O)[C@H]1O. The summed E-state index contributed by atoms with van der Waals surface area (Å²) in [5.41, 5.74) is 6.76. The minimum atomic E-state index is -1.24. The first kappa shape index (κ1) is 18.8. The zero-order chi connectivity index (χ0) is 19.1. The van der Waals surface area contributed by atoms with Gasteiger partial charge in [0.25, 0.3) is 0 Å². The number of hydrogen-bond donors (Lipinski definition) is 5. The number of thioether (sulfide) groups is 1. The number of hydrogen-bond acceptors (Lipinski definition) is 10. The number of ether oxygens (including phenoxy) is 1. The van der Waals surface area contributed by atoms with E-state index in [1.807, 2.05) is 0 Å². The number of aromatic nitrogens is 4. The van der Waals surface area contributed by atoms with Gasteiger partial charge in [-0.15, -0.1) is 0 Å². The van der Waals surface area contributed by atoms with E-state index in [1.54, 1.807) is 0 Å². The molecule has 1 aliphatic carbocycles. The Morgan fingerprint density at radius 3 is 2.67 bits per heavy atom. The van der Waals surface area contributed by atoms with Crippen LogP contribution in [0.4, 0.5) is 5.82 Å². The van der Waals surface area contributed by atoms with Crippen molar-refractivity contribution >= 4 is 28.7 Å². The Labute approximate surface area is 159 Å². The first-order chi connectivity index (χ1) is 13.0. The summed E-state index contributed by atoms with van der Waals surface area (Å²) >= 11 is 1.38. The molecule has 0 spiro atoms. The summed E-state index contributed by atoms with van der Waals surface area (Å²) in [6.07, 6.45) is 0.398. The monoisotopic (exact) mass is 397 g/mol. The Bertz CT molecular complexity index is 820. The summed E-state index contributed by atoms with van der Waals surface area (Å²) in [6.45, 7) is -0.418. The quantitative estimate of drug-likeness (QED) is 0.422. The molecule has 0 amide bonds. The van der Waals surface area contributed by atoms with Crippen LogP contribution in [0.15, 0.2) is 11.5 Å². The Hall–Kier alpha value is -1.50. The van der Waals surface area contributed by atoms with Crippen LogP contribution in [0.1, 0.15) is 31.9 Å². The molecule has 3 heterocycles. The van der Waals surface area contributed by atoms with E-state index < -0.39 is 37.3 Å². The lowest BCUT2D eigenvalue weighted by Gasteiger charge is -2.26. The number of rotatable bonds is 4. The zero-order valence-electron chi connectivity index (χ0n) is 14.5. The van der Waals surface area contributed by atoms with Crippen LogP contribution in [0.5, 0.6) is 0 Å². The van der Waals surface area contributed by atoms with Gasteiger partial charge in [-0.2, -0.15) is 0 Å². The molecule has 0 aromatic carbocycles. The third-order valence-electron chi connectivity index (χ3n) is 5.14. The molecule has 4 rings (SSSR count). The molecule has 11 heteroatoms. The van der Waals surface area contributed by atoms with E-state index in [0.717, 1.165) is 25.7 Å². The molecule has 6 atom stereocenters. The van der Waals surface area contributed by atoms with E-state index in [4.69, 9.17) is 10.5 Å². The number of aliphatic hydroxyl groups excluding tert-OH is 4. The van der Waals surface area contributed by atoms with Gasteiger partial charge < -0.3 is 30.9 Å². The summed E-state index contributed by atoms with van der Waals surface area (Å²) in [5.74, 6) is 0.193. The van der Waals surface area contributed by atoms with Crippen molar-refractivity contribution in [2.75, 3.05) is 12.3 Å². The number of nitrogens with two attached hydrogens (primary N) is 1. The molecule has 148 valence electrons. The van der Waals surface area contributed by atoms with Crippen LogP contribution in [-0.4, -0.2) is 76.2 Å². The Kier molecular flexibility index (Phi) is 5.23. The van der Waals surface area contributed by atoms with Gasteiger partial charge in [0.1, 0.15) is 23.8 Å². The summed E-state index contributed by atoms with van der Waals surface area (Å²) in [4.78, 5) is 13.0. The standard InChI is InChI=1S/C16H23N5O5S/c17-13-10-14(20-16(19-13)27-9-4-2-1-3-7(9)23)21(6-18-10)15-12(25)11(24)8(5-22)26-15/h6-9,11-12,15,22-25H,1-5H2,(H2,17,19,20)/t7?,8-,9?,11-,12-,15-/m1/s1. The van der Waals surface area contributed by atoms with E-state index in [1.165, 1.54) is 22.7 Å². The molecule has 1 saturated heterocycles. The van der Waals surface area contributed by atoms with E-state index in [0.29, 0.717) is 16.3 Å². The summed E-state index contributed by atoms with van der Waals surface area (Å²) < 4.78 is 7.04. The van der Waals surface area contributed by atoms with Gasteiger partial charge in [0.15, 0.2) is 22.8 Å². The average Bonchev–Trinajstić information content (AvgIpc) is 3.19. The van der Waals surface area contributed by atoms with Crippen LogP contribution in [-0.2, 0) is 4.74 Å². The van der Waals surface area contributed by atoms with Crippen molar-refractivity contribution in [3.63, 3.8) is 0 Å². The minimum Gasteiger partial charge on any atom is -0.394 e. The Balaban J connectivity index is 1.66. The van der Waals surface area contributed by atoms with E-state index in [2.05, 4.69) is 15.0 Å². The second-order valence-electron chi connectivity index (χ2n) is 6.95. The number of anilines is 1. The number of nitrogen functional groups attached to an aromatic ring is 1. The Morgan fingerprint density at radius 2 is 1.96 bits per heavy atom. The zero-order valence-corrected chi connectivity index (χ0v) is 15.4. The number of imidazole rings is 1. The van der Waals surface area contributed by atoms with Crippen LogP contribution < -0.4 is 5.73 Å². The van der Waals surface area contributed by atoms with Crippen LogP contribution in [0.3, 0.4) is 0 Å². The van der Waals surface area contributed by atoms with Crippen molar-refractivity contribution in [3.8, 4) is 0 Å². The van der Waals surface area contributed by atoms with Crippen molar-refractivity contribution < 1.29 is 25.2 Å². The highest BCUT2D eigenvalue weighted by molar-refractivity contribution is 7.99. The fourth-order valence-electron chi connectivity index (χ4n) is 3.62. The maximum Gasteiger partial charge on any atom is 0.192 e. The van der Waals surface area contributed by atoms with Crippen molar-refractivity contribution in [2.24, 2.45) is 0 Å². The van der Waals surface area contributed by atoms with Gasteiger partial charge >= 0.3 is 0 Å². The lowest BCUT2D eigenvalue weighted by molar-refractivity contribution is -0.0511. The highest BCUT2D eigenvalue weighted by Crippen LogP contribution is 2.35.